The Bertz CT molecular complexity index is 920. The summed E-state index contributed by atoms with van der Waals surface area (Å²) < 4.78 is 1.82. The number of aryl methyl sites for hydroxylation is 2. The molecule has 2 aromatic carbocycles. The van der Waals surface area contributed by atoms with Crippen molar-refractivity contribution in [3.05, 3.63) is 77.9 Å². The largest absolute Gasteiger partial charge is 0.333 e. The van der Waals surface area contributed by atoms with Crippen molar-refractivity contribution in [2.75, 3.05) is 6.54 Å². The van der Waals surface area contributed by atoms with Gasteiger partial charge in [-0.15, -0.1) is 5.10 Å². The van der Waals surface area contributed by atoms with E-state index in [1.165, 1.54) is 12.0 Å². The summed E-state index contributed by atoms with van der Waals surface area (Å²) in [5.41, 5.74) is 2.19. The van der Waals surface area contributed by atoms with Crippen molar-refractivity contribution in [2.45, 2.75) is 45.1 Å². The number of carbonyl (C=O) groups excluding carboxylic acids is 1. The molecule has 0 bridgehead atoms. The van der Waals surface area contributed by atoms with E-state index < -0.39 is 0 Å². The fourth-order valence-corrected chi connectivity index (χ4v) is 3.80. The lowest BCUT2D eigenvalue weighted by Gasteiger charge is -2.32. The van der Waals surface area contributed by atoms with E-state index in [2.05, 4.69) is 29.1 Å². The van der Waals surface area contributed by atoms with E-state index in [-0.39, 0.29) is 11.9 Å². The van der Waals surface area contributed by atoms with Crippen LogP contribution in [0.3, 0.4) is 0 Å². The second-order valence-electron chi connectivity index (χ2n) is 7.43. The normalized spacial score (nSPS) is 16.9. The Labute approximate surface area is 166 Å². The molecule has 4 rings (SSSR count). The number of likely N-dealkylation sites (tertiary alicyclic amines) is 1. The van der Waals surface area contributed by atoms with E-state index in [1.807, 2.05) is 58.1 Å². The summed E-state index contributed by atoms with van der Waals surface area (Å²) in [6.45, 7) is 2.90. The van der Waals surface area contributed by atoms with Gasteiger partial charge in [0.25, 0.3) is 5.91 Å². The van der Waals surface area contributed by atoms with Crippen LogP contribution < -0.4 is 0 Å². The number of piperidine rings is 1. The Morgan fingerprint density at radius 1 is 1.00 bits per heavy atom. The van der Waals surface area contributed by atoms with Crippen molar-refractivity contribution in [1.82, 2.24) is 19.7 Å². The lowest BCUT2D eigenvalue weighted by atomic mass is 10.0. The molecule has 2 heterocycles. The molecule has 3 aromatic rings. The van der Waals surface area contributed by atoms with Gasteiger partial charge >= 0.3 is 0 Å². The van der Waals surface area contributed by atoms with E-state index >= 15 is 0 Å². The first kappa shape index (κ1) is 18.4. The van der Waals surface area contributed by atoms with Gasteiger partial charge in [0.2, 0.25) is 5.82 Å². The maximum atomic E-state index is 13.1. The maximum absolute atomic E-state index is 13.1. The van der Waals surface area contributed by atoms with Crippen LogP contribution in [0.15, 0.2) is 60.7 Å². The van der Waals surface area contributed by atoms with E-state index in [9.17, 15) is 4.79 Å². The van der Waals surface area contributed by atoms with Crippen molar-refractivity contribution in [2.24, 2.45) is 0 Å². The molecular weight excluding hydrogens is 348 g/mol. The second kappa shape index (κ2) is 8.38. The number of amides is 1. The zero-order valence-corrected chi connectivity index (χ0v) is 16.3. The van der Waals surface area contributed by atoms with Gasteiger partial charge in [0.15, 0.2) is 0 Å². The standard InChI is InChI=1S/C23H26N4O/c1-18-10-8-9-17-26(18)23(28)22-24-21(16-15-19-11-4-2-5-12-19)27(25-22)20-13-6-3-7-14-20/h2-7,11-14,18H,8-10,15-17H2,1H3. The van der Waals surface area contributed by atoms with Crippen LogP contribution in [-0.2, 0) is 12.8 Å². The first-order valence-electron chi connectivity index (χ1n) is 10.1. The summed E-state index contributed by atoms with van der Waals surface area (Å²) in [6.07, 6.45) is 4.87. The summed E-state index contributed by atoms with van der Waals surface area (Å²) in [5, 5.41) is 4.62. The molecule has 1 unspecified atom stereocenters. The molecule has 144 valence electrons. The van der Waals surface area contributed by atoms with Gasteiger partial charge in [0, 0.05) is 19.0 Å². The summed E-state index contributed by atoms with van der Waals surface area (Å²) in [7, 11) is 0. The van der Waals surface area contributed by atoms with Crippen LogP contribution >= 0.6 is 0 Å². The third kappa shape index (κ3) is 3.98. The number of aromatic nitrogens is 3. The average molecular weight is 374 g/mol. The highest BCUT2D eigenvalue weighted by Gasteiger charge is 2.28. The van der Waals surface area contributed by atoms with Gasteiger partial charge in [-0.2, -0.15) is 0 Å². The van der Waals surface area contributed by atoms with Crippen LogP contribution in [0.1, 0.15) is 48.2 Å². The molecule has 0 N–H and O–H groups in total. The lowest BCUT2D eigenvalue weighted by Crippen LogP contribution is -2.42. The topological polar surface area (TPSA) is 51.0 Å². The van der Waals surface area contributed by atoms with Crippen molar-refractivity contribution < 1.29 is 4.79 Å². The molecule has 0 spiro atoms. The molecule has 1 aliphatic heterocycles. The molecule has 28 heavy (non-hydrogen) atoms. The number of hydrogen-bond donors (Lipinski definition) is 0. The van der Waals surface area contributed by atoms with Gasteiger partial charge in [0.05, 0.1) is 5.69 Å². The average Bonchev–Trinajstić information content (AvgIpc) is 3.18. The molecule has 1 saturated heterocycles. The molecular formula is C23H26N4O. The van der Waals surface area contributed by atoms with Gasteiger partial charge in [-0.25, -0.2) is 9.67 Å². The van der Waals surface area contributed by atoms with Crippen molar-refractivity contribution in [3.8, 4) is 5.69 Å². The van der Waals surface area contributed by atoms with Gasteiger partial charge in [-0.1, -0.05) is 48.5 Å². The Kier molecular flexibility index (Phi) is 5.51. The van der Waals surface area contributed by atoms with Crippen LogP contribution in [0, 0.1) is 0 Å². The summed E-state index contributed by atoms with van der Waals surface area (Å²) in [4.78, 5) is 19.7. The minimum Gasteiger partial charge on any atom is -0.333 e. The number of hydrogen-bond acceptors (Lipinski definition) is 3. The number of rotatable bonds is 5. The van der Waals surface area contributed by atoms with Crippen molar-refractivity contribution >= 4 is 5.91 Å². The molecule has 0 saturated carbocycles. The maximum Gasteiger partial charge on any atom is 0.293 e. The van der Waals surface area contributed by atoms with E-state index in [0.717, 1.165) is 43.7 Å². The van der Waals surface area contributed by atoms with Gasteiger partial charge in [0.1, 0.15) is 5.82 Å². The van der Waals surface area contributed by atoms with Crippen LogP contribution in [0.4, 0.5) is 0 Å². The van der Waals surface area contributed by atoms with Crippen molar-refractivity contribution in [1.29, 1.82) is 0 Å². The Morgan fingerprint density at radius 3 is 2.43 bits per heavy atom. The molecule has 5 heteroatoms. The monoisotopic (exact) mass is 374 g/mol. The van der Waals surface area contributed by atoms with Crippen LogP contribution in [0.5, 0.6) is 0 Å². The summed E-state index contributed by atoms with van der Waals surface area (Å²) in [5.74, 6) is 1.08. The first-order valence-corrected chi connectivity index (χ1v) is 10.1. The summed E-state index contributed by atoms with van der Waals surface area (Å²) >= 11 is 0. The second-order valence-corrected chi connectivity index (χ2v) is 7.43. The number of benzene rings is 2. The number of nitrogens with zero attached hydrogens (tertiary/aromatic N) is 4. The van der Waals surface area contributed by atoms with E-state index in [0.29, 0.717) is 5.82 Å². The molecule has 5 nitrogen and oxygen atoms in total. The minimum atomic E-state index is -0.0529. The van der Waals surface area contributed by atoms with E-state index in [1.54, 1.807) is 0 Å². The Hall–Kier alpha value is -2.95. The highest BCUT2D eigenvalue weighted by atomic mass is 16.2. The Balaban J connectivity index is 1.63. The fraction of sp³-hybridized carbons (Fsp3) is 0.348. The quantitative estimate of drug-likeness (QED) is 0.676. The fourth-order valence-electron chi connectivity index (χ4n) is 3.80. The molecule has 1 fully saturated rings. The number of carbonyl (C=O) groups is 1. The van der Waals surface area contributed by atoms with Gasteiger partial charge in [-0.3, -0.25) is 4.79 Å². The predicted molar refractivity (Wildman–Crippen MR) is 110 cm³/mol. The van der Waals surface area contributed by atoms with E-state index in [4.69, 9.17) is 0 Å². The molecule has 1 aliphatic rings. The van der Waals surface area contributed by atoms with Gasteiger partial charge in [-0.05, 0) is 50.3 Å². The van der Waals surface area contributed by atoms with Crippen molar-refractivity contribution in [3.63, 3.8) is 0 Å². The Morgan fingerprint density at radius 2 is 1.71 bits per heavy atom. The third-order valence-corrected chi connectivity index (χ3v) is 5.41. The smallest absolute Gasteiger partial charge is 0.293 e. The molecule has 1 aromatic heterocycles. The predicted octanol–water partition coefficient (Wildman–Crippen LogP) is 4.07. The van der Waals surface area contributed by atoms with Crippen LogP contribution in [-0.4, -0.2) is 38.2 Å². The zero-order valence-electron chi connectivity index (χ0n) is 16.3. The third-order valence-electron chi connectivity index (χ3n) is 5.41. The molecule has 1 atom stereocenters. The SMILES string of the molecule is CC1CCCCN1C(=O)c1nc(CCc2ccccc2)n(-c2ccccc2)n1. The molecule has 0 radical (unpaired) electrons. The summed E-state index contributed by atoms with van der Waals surface area (Å²) in [6, 6.07) is 20.5. The zero-order chi connectivity index (χ0) is 19.3. The lowest BCUT2D eigenvalue weighted by molar-refractivity contribution is 0.0623. The highest BCUT2D eigenvalue weighted by Crippen LogP contribution is 2.19. The van der Waals surface area contributed by atoms with Gasteiger partial charge < -0.3 is 4.90 Å². The molecule has 0 aliphatic carbocycles. The van der Waals surface area contributed by atoms with Crippen LogP contribution in [0.25, 0.3) is 5.69 Å². The highest BCUT2D eigenvalue weighted by molar-refractivity contribution is 5.90. The first-order chi connectivity index (χ1) is 13.7. The van der Waals surface area contributed by atoms with Crippen LogP contribution in [0.2, 0.25) is 0 Å². The molecule has 1 amide bonds. The minimum absolute atomic E-state index is 0.0529. The number of para-hydroxylation sites is 1.